The molecule has 108 valence electrons. The van der Waals surface area contributed by atoms with Gasteiger partial charge in [0.2, 0.25) is 0 Å². The third-order valence-electron chi connectivity index (χ3n) is 3.24. The summed E-state index contributed by atoms with van der Waals surface area (Å²) in [5.41, 5.74) is 6.39. The van der Waals surface area contributed by atoms with Gasteiger partial charge < -0.3 is 15.8 Å². The minimum Gasteiger partial charge on any atom is -0.385 e. The molecule has 0 saturated heterocycles. The van der Waals surface area contributed by atoms with E-state index in [9.17, 15) is 0 Å². The average molecular weight is 275 g/mol. The van der Waals surface area contributed by atoms with Crippen LogP contribution in [-0.4, -0.2) is 35.2 Å². The summed E-state index contributed by atoms with van der Waals surface area (Å²) in [6.45, 7) is 5.93. The summed E-state index contributed by atoms with van der Waals surface area (Å²) in [4.78, 5) is 12.6. The van der Waals surface area contributed by atoms with E-state index in [1.54, 1.807) is 13.2 Å². The van der Waals surface area contributed by atoms with Crippen molar-refractivity contribution in [1.82, 2.24) is 15.0 Å². The zero-order chi connectivity index (χ0) is 14.6. The van der Waals surface area contributed by atoms with Gasteiger partial charge in [-0.15, -0.1) is 0 Å². The Morgan fingerprint density at radius 2 is 2.10 bits per heavy atom. The van der Waals surface area contributed by atoms with Crippen LogP contribution in [0.2, 0.25) is 0 Å². The van der Waals surface area contributed by atoms with Crippen LogP contribution in [-0.2, 0) is 4.74 Å². The van der Waals surface area contributed by atoms with E-state index in [1.807, 2.05) is 6.07 Å². The van der Waals surface area contributed by atoms with Crippen molar-refractivity contribution in [2.45, 2.75) is 20.3 Å². The van der Waals surface area contributed by atoms with Gasteiger partial charge in [0.1, 0.15) is 18.0 Å². The molecule has 6 heteroatoms. The molecule has 6 nitrogen and oxygen atoms in total. The number of ether oxygens (including phenoxy) is 1. The Bertz CT molecular complexity index is 585. The highest BCUT2D eigenvalue weighted by molar-refractivity contribution is 5.87. The lowest BCUT2D eigenvalue weighted by Gasteiger charge is -2.25. The van der Waals surface area contributed by atoms with Gasteiger partial charge in [-0.3, -0.25) is 0 Å². The molecule has 0 radical (unpaired) electrons. The Morgan fingerprint density at radius 1 is 1.30 bits per heavy atom. The second-order valence-electron chi connectivity index (χ2n) is 5.59. The van der Waals surface area contributed by atoms with Crippen LogP contribution < -0.4 is 11.1 Å². The summed E-state index contributed by atoms with van der Waals surface area (Å²) >= 11 is 0. The first kappa shape index (κ1) is 14.5. The first-order chi connectivity index (χ1) is 9.52. The highest BCUT2D eigenvalue weighted by atomic mass is 16.5. The Balaban J connectivity index is 2.14. The number of hydrogen-bond donors (Lipinski definition) is 2. The molecule has 0 spiro atoms. The number of hydrogen-bond acceptors (Lipinski definition) is 6. The first-order valence-corrected chi connectivity index (χ1v) is 6.62. The molecule has 0 aliphatic carbocycles. The number of nitrogen functional groups attached to an aromatic ring is 1. The number of pyridine rings is 1. The average Bonchev–Trinajstić information content (AvgIpc) is 2.42. The maximum absolute atomic E-state index is 5.67. The molecule has 2 heterocycles. The molecule has 0 aliphatic heterocycles. The van der Waals surface area contributed by atoms with Gasteiger partial charge in [0, 0.05) is 20.3 Å². The predicted molar refractivity (Wildman–Crippen MR) is 80.5 cm³/mol. The summed E-state index contributed by atoms with van der Waals surface area (Å²) in [5.74, 6) is 1.25. The summed E-state index contributed by atoms with van der Waals surface area (Å²) < 4.78 is 5.14. The van der Waals surface area contributed by atoms with Crippen molar-refractivity contribution in [1.29, 1.82) is 0 Å². The molecule has 2 aromatic rings. The van der Waals surface area contributed by atoms with Gasteiger partial charge in [0.05, 0.1) is 5.39 Å². The Kier molecular flexibility index (Phi) is 4.34. The summed E-state index contributed by atoms with van der Waals surface area (Å²) in [5, 5.41) is 4.25. The number of fused-ring (bicyclic) bond motifs is 1. The minimum absolute atomic E-state index is 0.120. The molecule has 0 bridgehead atoms. The number of rotatable bonds is 6. The largest absolute Gasteiger partial charge is 0.385 e. The van der Waals surface area contributed by atoms with Crippen molar-refractivity contribution in [3.63, 3.8) is 0 Å². The molecule has 0 aromatic carbocycles. The standard InChI is InChI=1S/C14H21N5O/c1-14(2,6-7-20-3)8-16-12-10-4-5-11(15)19-13(10)18-9-17-12/h4-5,9H,6-8H2,1-3H3,(H3,15,16,17,18,19). The molecule has 2 rings (SSSR count). The number of methoxy groups -OCH3 is 1. The van der Waals surface area contributed by atoms with E-state index in [1.165, 1.54) is 6.33 Å². The second-order valence-corrected chi connectivity index (χ2v) is 5.59. The Hall–Kier alpha value is -1.95. The van der Waals surface area contributed by atoms with Crippen LogP contribution in [0.3, 0.4) is 0 Å². The highest BCUT2D eigenvalue weighted by Crippen LogP contribution is 2.23. The third-order valence-corrected chi connectivity index (χ3v) is 3.24. The Labute approximate surface area is 118 Å². The fourth-order valence-electron chi connectivity index (χ4n) is 1.89. The SMILES string of the molecule is COCCC(C)(C)CNc1ncnc2nc(N)ccc12. The maximum atomic E-state index is 5.67. The van der Waals surface area contributed by atoms with Gasteiger partial charge in [-0.25, -0.2) is 15.0 Å². The van der Waals surface area contributed by atoms with Crippen molar-refractivity contribution < 1.29 is 4.74 Å². The van der Waals surface area contributed by atoms with E-state index < -0.39 is 0 Å². The minimum atomic E-state index is 0.120. The van der Waals surface area contributed by atoms with E-state index >= 15 is 0 Å². The topological polar surface area (TPSA) is 86.0 Å². The van der Waals surface area contributed by atoms with Gasteiger partial charge in [-0.1, -0.05) is 13.8 Å². The summed E-state index contributed by atoms with van der Waals surface area (Å²) in [6.07, 6.45) is 2.48. The zero-order valence-electron chi connectivity index (χ0n) is 12.2. The molecular formula is C14H21N5O. The fraction of sp³-hybridized carbons (Fsp3) is 0.500. The lowest BCUT2D eigenvalue weighted by Crippen LogP contribution is -2.25. The van der Waals surface area contributed by atoms with Crippen molar-refractivity contribution in [2.24, 2.45) is 5.41 Å². The van der Waals surface area contributed by atoms with E-state index in [4.69, 9.17) is 10.5 Å². The monoisotopic (exact) mass is 275 g/mol. The normalized spacial score (nSPS) is 11.8. The van der Waals surface area contributed by atoms with Crippen LogP contribution in [0.1, 0.15) is 20.3 Å². The summed E-state index contributed by atoms with van der Waals surface area (Å²) in [6, 6.07) is 3.65. The predicted octanol–water partition coefficient (Wildman–Crippen LogP) is 2.08. The van der Waals surface area contributed by atoms with Crippen LogP contribution in [0, 0.1) is 5.41 Å². The van der Waals surface area contributed by atoms with Crippen LogP contribution in [0.15, 0.2) is 18.5 Å². The van der Waals surface area contributed by atoms with Crippen LogP contribution in [0.4, 0.5) is 11.6 Å². The van der Waals surface area contributed by atoms with Crippen molar-refractivity contribution in [3.8, 4) is 0 Å². The highest BCUT2D eigenvalue weighted by Gasteiger charge is 2.18. The van der Waals surface area contributed by atoms with Crippen molar-refractivity contribution in [2.75, 3.05) is 31.3 Å². The van der Waals surface area contributed by atoms with Crippen LogP contribution >= 0.6 is 0 Å². The molecule has 0 aliphatic rings. The van der Waals surface area contributed by atoms with Gasteiger partial charge in [0.25, 0.3) is 0 Å². The molecule has 20 heavy (non-hydrogen) atoms. The van der Waals surface area contributed by atoms with Gasteiger partial charge in [-0.2, -0.15) is 0 Å². The van der Waals surface area contributed by atoms with Gasteiger partial charge >= 0.3 is 0 Å². The van der Waals surface area contributed by atoms with Gasteiger partial charge in [-0.05, 0) is 24.0 Å². The summed E-state index contributed by atoms with van der Waals surface area (Å²) in [7, 11) is 1.72. The van der Waals surface area contributed by atoms with Crippen molar-refractivity contribution >= 4 is 22.7 Å². The lowest BCUT2D eigenvalue weighted by atomic mass is 9.90. The number of anilines is 2. The molecule has 0 fully saturated rings. The van der Waals surface area contributed by atoms with E-state index in [0.29, 0.717) is 11.5 Å². The van der Waals surface area contributed by atoms with Crippen LogP contribution in [0.25, 0.3) is 11.0 Å². The number of nitrogens with two attached hydrogens (primary N) is 1. The molecule has 0 atom stereocenters. The van der Waals surface area contributed by atoms with E-state index in [2.05, 4.69) is 34.1 Å². The third kappa shape index (κ3) is 3.54. The maximum Gasteiger partial charge on any atom is 0.166 e. The fourth-order valence-corrected chi connectivity index (χ4v) is 1.89. The number of nitrogens with zero attached hydrogens (tertiary/aromatic N) is 3. The quantitative estimate of drug-likeness (QED) is 0.839. The molecule has 3 N–H and O–H groups in total. The number of aromatic nitrogens is 3. The van der Waals surface area contributed by atoms with E-state index in [-0.39, 0.29) is 5.41 Å². The second kappa shape index (κ2) is 6.00. The van der Waals surface area contributed by atoms with Crippen LogP contribution in [0.5, 0.6) is 0 Å². The molecule has 0 amide bonds. The number of nitrogens with one attached hydrogen (secondary N) is 1. The molecular weight excluding hydrogens is 254 g/mol. The van der Waals surface area contributed by atoms with Crippen molar-refractivity contribution in [3.05, 3.63) is 18.5 Å². The first-order valence-electron chi connectivity index (χ1n) is 6.62. The zero-order valence-corrected chi connectivity index (χ0v) is 12.2. The smallest absolute Gasteiger partial charge is 0.166 e. The van der Waals surface area contributed by atoms with E-state index in [0.717, 1.165) is 30.8 Å². The lowest BCUT2D eigenvalue weighted by molar-refractivity contribution is 0.157. The Morgan fingerprint density at radius 3 is 2.85 bits per heavy atom. The van der Waals surface area contributed by atoms with Gasteiger partial charge in [0.15, 0.2) is 5.65 Å². The molecule has 0 unspecified atom stereocenters. The molecule has 0 saturated carbocycles. The molecule has 2 aromatic heterocycles.